The Hall–Kier alpha value is -3.20. The number of benzene rings is 2. The number of hydrogen-bond donors (Lipinski definition) is 0. The Bertz CT molecular complexity index is 942. The van der Waals surface area contributed by atoms with E-state index in [9.17, 15) is 18.0 Å². The minimum atomic E-state index is -4.48. The first-order chi connectivity index (χ1) is 13.8. The van der Waals surface area contributed by atoms with Gasteiger partial charge in [-0.25, -0.2) is 0 Å². The maximum Gasteiger partial charge on any atom is 0.416 e. The monoisotopic (exact) mass is 401 g/mol. The molecule has 0 unspecified atom stereocenters. The summed E-state index contributed by atoms with van der Waals surface area (Å²) in [5, 5.41) is 0. The van der Waals surface area contributed by atoms with Crippen LogP contribution in [0.25, 0.3) is 0 Å². The molecule has 1 aliphatic rings. The van der Waals surface area contributed by atoms with Crippen molar-refractivity contribution in [3.63, 3.8) is 0 Å². The van der Waals surface area contributed by atoms with Crippen LogP contribution in [-0.4, -0.2) is 12.5 Å². The molecule has 0 atom stereocenters. The number of alkyl halides is 3. The van der Waals surface area contributed by atoms with Crippen LogP contribution in [0.15, 0.2) is 49.1 Å². The van der Waals surface area contributed by atoms with Crippen molar-refractivity contribution in [3.8, 4) is 18.1 Å². The highest BCUT2D eigenvalue weighted by atomic mass is 19.4. The highest BCUT2D eigenvalue weighted by molar-refractivity contribution is 6.02. The lowest BCUT2D eigenvalue weighted by atomic mass is 10.1. The summed E-state index contributed by atoms with van der Waals surface area (Å²) in [6.07, 6.45) is 2.62. The van der Waals surface area contributed by atoms with Gasteiger partial charge in [0.2, 0.25) is 5.91 Å². The maximum absolute atomic E-state index is 13.0. The number of anilines is 1. The number of hydrogen-bond acceptors (Lipinski definition) is 2. The van der Waals surface area contributed by atoms with E-state index in [0.717, 1.165) is 23.4 Å². The van der Waals surface area contributed by atoms with Gasteiger partial charge in [-0.2, -0.15) is 13.2 Å². The highest BCUT2D eigenvalue weighted by Crippen LogP contribution is 2.36. The largest absolute Gasteiger partial charge is 0.489 e. The van der Waals surface area contributed by atoms with Gasteiger partial charge in [0.15, 0.2) is 0 Å². The molecule has 3 nitrogen and oxygen atoms in total. The summed E-state index contributed by atoms with van der Waals surface area (Å²) in [7, 11) is 0. The first kappa shape index (κ1) is 22.1. The highest BCUT2D eigenvalue weighted by Gasteiger charge is 2.31. The SMILES string of the molecule is C#Cc1cc(COc2cccc3c2CCN3C(=O)C=C)cc(C(F)(F)F)c1.CC. The maximum atomic E-state index is 13.0. The first-order valence-electron chi connectivity index (χ1n) is 9.20. The number of fused-ring (bicyclic) bond motifs is 1. The molecule has 0 saturated carbocycles. The number of terminal acetylenes is 1. The van der Waals surface area contributed by atoms with Crippen LogP contribution >= 0.6 is 0 Å². The van der Waals surface area contributed by atoms with E-state index in [0.29, 0.717) is 24.3 Å². The zero-order chi connectivity index (χ0) is 21.6. The second-order valence-electron chi connectivity index (χ2n) is 6.05. The van der Waals surface area contributed by atoms with Gasteiger partial charge in [-0.15, -0.1) is 6.42 Å². The smallest absolute Gasteiger partial charge is 0.416 e. The lowest BCUT2D eigenvalue weighted by molar-refractivity contribution is -0.137. The Morgan fingerprint density at radius 1 is 1.31 bits per heavy atom. The summed E-state index contributed by atoms with van der Waals surface area (Å²) in [5.41, 5.74) is 1.23. The standard InChI is InChI=1S/C21H16F3NO2.C2H6/c1-3-14-10-15(12-16(11-14)21(22,23)24)13-27-19-7-5-6-18-17(19)8-9-25(18)20(26)4-2;1-2/h1,4-7,10-12H,2,8-9,13H2;1-2H3. The summed E-state index contributed by atoms with van der Waals surface area (Å²) in [6.45, 7) is 7.93. The van der Waals surface area contributed by atoms with Crippen molar-refractivity contribution in [2.75, 3.05) is 11.4 Å². The van der Waals surface area contributed by atoms with Gasteiger partial charge in [-0.1, -0.05) is 32.4 Å². The molecule has 0 fully saturated rings. The lowest BCUT2D eigenvalue weighted by Crippen LogP contribution is -2.26. The molecule has 0 spiro atoms. The Morgan fingerprint density at radius 3 is 2.66 bits per heavy atom. The van der Waals surface area contributed by atoms with E-state index in [1.807, 2.05) is 13.8 Å². The Balaban J connectivity index is 0.00000145. The molecule has 0 aromatic heterocycles. The van der Waals surface area contributed by atoms with E-state index in [2.05, 4.69) is 12.5 Å². The van der Waals surface area contributed by atoms with Crippen molar-refractivity contribution >= 4 is 11.6 Å². The van der Waals surface area contributed by atoms with E-state index >= 15 is 0 Å². The normalized spacial score (nSPS) is 12.3. The van der Waals surface area contributed by atoms with Crippen LogP contribution in [0.1, 0.15) is 36.1 Å². The van der Waals surface area contributed by atoms with Crippen molar-refractivity contribution < 1.29 is 22.7 Å². The molecule has 2 aromatic rings. The Morgan fingerprint density at radius 2 is 2.03 bits per heavy atom. The lowest BCUT2D eigenvalue weighted by Gasteiger charge is -2.16. The Labute approximate surface area is 168 Å². The zero-order valence-electron chi connectivity index (χ0n) is 16.3. The molecule has 6 heteroatoms. The molecule has 0 N–H and O–H groups in total. The first-order valence-corrected chi connectivity index (χ1v) is 9.20. The third kappa shape index (κ3) is 5.00. The number of rotatable bonds is 4. The molecule has 0 bridgehead atoms. The quantitative estimate of drug-likeness (QED) is 0.509. The Kier molecular flexibility index (Phi) is 7.11. The number of carbonyl (C=O) groups is 1. The molecule has 152 valence electrons. The van der Waals surface area contributed by atoms with Crippen LogP contribution in [0.3, 0.4) is 0 Å². The third-order valence-electron chi connectivity index (χ3n) is 4.31. The van der Waals surface area contributed by atoms with Crippen LogP contribution in [0.4, 0.5) is 18.9 Å². The van der Waals surface area contributed by atoms with Gasteiger partial charge in [0.05, 0.1) is 11.3 Å². The van der Waals surface area contributed by atoms with Crippen LogP contribution in [0, 0.1) is 12.3 Å². The molecule has 2 aromatic carbocycles. The number of halogens is 3. The molecule has 1 amide bonds. The molecule has 3 rings (SSSR count). The summed E-state index contributed by atoms with van der Waals surface area (Å²) < 4.78 is 44.8. The zero-order valence-corrected chi connectivity index (χ0v) is 16.3. The van der Waals surface area contributed by atoms with Crippen LogP contribution in [0.2, 0.25) is 0 Å². The summed E-state index contributed by atoms with van der Waals surface area (Å²) in [5.74, 6) is 2.56. The van der Waals surface area contributed by atoms with Gasteiger partial charge in [-0.3, -0.25) is 4.79 Å². The number of amides is 1. The van der Waals surface area contributed by atoms with Crippen LogP contribution in [0.5, 0.6) is 5.75 Å². The molecule has 1 heterocycles. The minimum absolute atomic E-state index is 0.0650. The van der Waals surface area contributed by atoms with Gasteiger partial charge < -0.3 is 9.64 Å². The average Bonchev–Trinajstić information content (AvgIpc) is 3.17. The van der Waals surface area contributed by atoms with E-state index < -0.39 is 11.7 Å². The predicted molar refractivity (Wildman–Crippen MR) is 108 cm³/mol. The fraction of sp³-hybridized carbons (Fsp3) is 0.261. The van der Waals surface area contributed by atoms with Gasteiger partial charge >= 0.3 is 6.18 Å². The van der Waals surface area contributed by atoms with E-state index in [1.54, 1.807) is 23.1 Å². The van der Waals surface area contributed by atoms with Gasteiger partial charge in [0.1, 0.15) is 12.4 Å². The molecular formula is C23H22F3NO2. The van der Waals surface area contributed by atoms with Crippen molar-refractivity contribution in [2.45, 2.75) is 33.1 Å². The summed E-state index contributed by atoms with van der Waals surface area (Å²) >= 11 is 0. The van der Waals surface area contributed by atoms with Crippen LogP contribution in [-0.2, 0) is 24.0 Å². The van der Waals surface area contributed by atoms with Crippen molar-refractivity contribution in [1.82, 2.24) is 0 Å². The average molecular weight is 401 g/mol. The minimum Gasteiger partial charge on any atom is -0.489 e. The molecule has 29 heavy (non-hydrogen) atoms. The second kappa shape index (κ2) is 9.33. The molecule has 0 radical (unpaired) electrons. The van der Waals surface area contributed by atoms with Gasteiger partial charge in [-0.05, 0) is 48.4 Å². The van der Waals surface area contributed by atoms with Gasteiger partial charge in [0, 0.05) is 17.7 Å². The molecule has 0 aliphatic carbocycles. The fourth-order valence-corrected chi connectivity index (χ4v) is 3.06. The van der Waals surface area contributed by atoms with E-state index in [-0.39, 0.29) is 18.1 Å². The van der Waals surface area contributed by atoms with Crippen molar-refractivity contribution in [3.05, 3.63) is 71.3 Å². The molecule has 0 saturated heterocycles. The van der Waals surface area contributed by atoms with E-state index in [4.69, 9.17) is 11.2 Å². The second-order valence-corrected chi connectivity index (χ2v) is 6.05. The molecule has 1 aliphatic heterocycles. The topological polar surface area (TPSA) is 29.5 Å². The number of carbonyl (C=O) groups excluding carboxylic acids is 1. The molecular weight excluding hydrogens is 379 g/mol. The third-order valence-corrected chi connectivity index (χ3v) is 4.31. The number of nitrogens with zero attached hydrogens (tertiary/aromatic N) is 1. The van der Waals surface area contributed by atoms with Gasteiger partial charge in [0.25, 0.3) is 0 Å². The van der Waals surface area contributed by atoms with Crippen molar-refractivity contribution in [1.29, 1.82) is 0 Å². The van der Waals surface area contributed by atoms with Crippen molar-refractivity contribution in [2.24, 2.45) is 0 Å². The predicted octanol–water partition coefficient (Wildman–Crippen LogP) is 5.37. The fourth-order valence-electron chi connectivity index (χ4n) is 3.06. The summed E-state index contributed by atoms with van der Waals surface area (Å²) in [4.78, 5) is 13.5. The number of ether oxygens (including phenoxy) is 1. The summed E-state index contributed by atoms with van der Waals surface area (Å²) in [6, 6.07) is 8.72. The van der Waals surface area contributed by atoms with Crippen LogP contribution < -0.4 is 9.64 Å². The van der Waals surface area contributed by atoms with E-state index in [1.165, 1.54) is 12.1 Å².